The second-order valence-corrected chi connectivity index (χ2v) is 2.96. The minimum Gasteiger partial charge on any atom is -0.478 e. The molecule has 0 radical (unpaired) electrons. The summed E-state index contributed by atoms with van der Waals surface area (Å²) >= 11 is 0. The van der Waals surface area contributed by atoms with Crippen molar-refractivity contribution in [3.63, 3.8) is 0 Å². The Morgan fingerprint density at radius 2 is 2.00 bits per heavy atom. The van der Waals surface area contributed by atoms with E-state index in [1.807, 2.05) is 13.0 Å². The van der Waals surface area contributed by atoms with Gasteiger partial charge in [0.2, 0.25) is 0 Å². The highest BCUT2D eigenvalue weighted by atomic mass is 16.5. The van der Waals surface area contributed by atoms with Crippen molar-refractivity contribution in [2.24, 2.45) is 0 Å². The normalized spacial score (nSPS) is 8.06. The smallest absolute Gasteiger partial charge is 0.330 e. The zero-order chi connectivity index (χ0) is 13.0. The van der Waals surface area contributed by atoms with Crippen molar-refractivity contribution in [3.05, 3.63) is 12.2 Å². The molecular formula is C11H17NO4. The van der Waals surface area contributed by atoms with E-state index in [1.54, 1.807) is 0 Å². The van der Waals surface area contributed by atoms with Gasteiger partial charge >= 0.3 is 11.9 Å². The third-order valence-corrected chi connectivity index (χ3v) is 1.30. The monoisotopic (exact) mass is 227 g/mol. The molecule has 0 heterocycles. The first-order chi connectivity index (χ1) is 7.45. The first-order valence-electron chi connectivity index (χ1n) is 4.87. The lowest BCUT2D eigenvalue weighted by Gasteiger charge is -1.98. The molecule has 0 aromatic rings. The summed E-state index contributed by atoms with van der Waals surface area (Å²) in [6.07, 6.45) is 1.53. The van der Waals surface area contributed by atoms with E-state index < -0.39 is 5.97 Å². The molecule has 0 bridgehead atoms. The second kappa shape index (κ2) is 11.2. The average Bonchev–Trinajstić information content (AvgIpc) is 2.19. The highest BCUT2D eigenvalue weighted by molar-refractivity contribution is 5.84. The molecule has 5 nitrogen and oxygen atoms in total. The van der Waals surface area contributed by atoms with Crippen molar-refractivity contribution in [2.45, 2.75) is 33.1 Å². The van der Waals surface area contributed by atoms with Crippen LogP contribution in [-0.2, 0) is 14.3 Å². The third-order valence-electron chi connectivity index (χ3n) is 1.30. The SMILES string of the molecule is C=C(C)C(=O)O.CCCC(=O)OCCC#N. The van der Waals surface area contributed by atoms with E-state index in [1.165, 1.54) is 6.92 Å². The number of carboxylic acids is 1. The largest absolute Gasteiger partial charge is 0.478 e. The van der Waals surface area contributed by atoms with Crippen LogP contribution in [0.3, 0.4) is 0 Å². The third kappa shape index (κ3) is 14.7. The predicted octanol–water partition coefficient (Wildman–Crippen LogP) is 1.89. The van der Waals surface area contributed by atoms with Gasteiger partial charge in [0.15, 0.2) is 0 Å². The maximum absolute atomic E-state index is 10.6. The first-order valence-corrected chi connectivity index (χ1v) is 4.87. The fourth-order valence-electron chi connectivity index (χ4n) is 0.487. The van der Waals surface area contributed by atoms with Crippen LogP contribution in [0.25, 0.3) is 0 Å². The second-order valence-electron chi connectivity index (χ2n) is 2.96. The summed E-state index contributed by atoms with van der Waals surface area (Å²) in [4.78, 5) is 20.2. The van der Waals surface area contributed by atoms with Crippen LogP contribution in [0.15, 0.2) is 12.2 Å². The Kier molecular flexibility index (Phi) is 11.7. The van der Waals surface area contributed by atoms with Crippen LogP contribution in [0.5, 0.6) is 0 Å². The van der Waals surface area contributed by atoms with Crippen LogP contribution in [0.1, 0.15) is 33.1 Å². The van der Waals surface area contributed by atoms with E-state index in [-0.39, 0.29) is 24.6 Å². The minimum absolute atomic E-state index is 0.176. The molecule has 0 unspecified atom stereocenters. The Labute approximate surface area is 95.3 Å². The number of aliphatic carboxylic acids is 1. The Hall–Kier alpha value is -1.83. The quantitative estimate of drug-likeness (QED) is 0.440. The van der Waals surface area contributed by atoms with Gasteiger partial charge in [-0.25, -0.2) is 4.79 Å². The molecule has 0 aliphatic rings. The lowest BCUT2D eigenvalue weighted by Crippen LogP contribution is -2.04. The number of hydrogen-bond donors (Lipinski definition) is 1. The average molecular weight is 227 g/mol. The van der Waals surface area contributed by atoms with Gasteiger partial charge in [-0.3, -0.25) is 4.79 Å². The summed E-state index contributed by atoms with van der Waals surface area (Å²) < 4.78 is 4.66. The summed E-state index contributed by atoms with van der Waals surface area (Å²) in [5.41, 5.74) is 0.176. The summed E-state index contributed by atoms with van der Waals surface area (Å²) in [6.45, 7) is 6.74. The minimum atomic E-state index is -0.935. The summed E-state index contributed by atoms with van der Waals surface area (Å²) in [6, 6.07) is 1.89. The number of esters is 1. The zero-order valence-electron chi connectivity index (χ0n) is 9.65. The number of carboxylic acid groups (broad SMARTS) is 1. The number of rotatable bonds is 5. The lowest BCUT2D eigenvalue weighted by molar-refractivity contribution is -0.143. The fraction of sp³-hybridized carbons (Fsp3) is 0.545. The maximum Gasteiger partial charge on any atom is 0.330 e. The number of hydrogen-bond acceptors (Lipinski definition) is 4. The van der Waals surface area contributed by atoms with Crippen LogP contribution in [0.4, 0.5) is 0 Å². The van der Waals surface area contributed by atoms with Crippen LogP contribution in [-0.4, -0.2) is 23.7 Å². The van der Waals surface area contributed by atoms with Crippen molar-refractivity contribution in [3.8, 4) is 6.07 Å². The topological polar surface area (TPSA) is 87.4 Å². The van der Waals surface area contributed by atoms with Crippen LogP contribution in [0.2, 0.25) is 0 Å². The van der Waals surface area contributed by atoms with E-state index in [9.17, 15) is 9.59 Å². The van der Waals surface area contributed by atoms with Gasteiger partial charge in [-0.15, -0.1) is 0 Å². The maximum atomic E-state index is 10.6. The summed E-state index contributed by atoms with van der Waals surface area (Å²) in [5.74, 6) is -1.15. The Balaban J connectivity index is 0. The first kappa shape index (κ1) is 16.6. The molecule has 0 aliphatic heterocycles. The van der Waals surface area contributed by atoms with E-state index in [4.69, 9.17) is 10.4 Å². The predicted molar refractivity (Wildman–Crippen MR) is 58.5 cm³/mol. The number of nitriles is 1. The van der Waals surface area contributed by atoms with E-state index in [0.717, 1.165) is 6.42 Å². The summed E-state index contributed by atoms with van der Waals surface area (Å²) in [7, 11) is 0. The van der Waals surface area contributed by atoms with Gasteiger partial charge in [-0.2, -0.15) is 5.26 Å². The molecule has 0 aromatic carbocycles. The molecule has 90 valence electrons. The number of carbonyl (C=O) groups excluding carboxylic acids is 1. The van der Waals surface area contributed by atoms with Gasteiger partial charge < -0.3 is 9.84 Å². The van der Waals surface area contributed by atoms with Crippen LogP contribution < -0.4 is 0 Å². The molecule has 0 amide bonds. The van der Waals surface area contributed by atoms with Crippen molar-refractivity contribution in [1.29, 1.82) is 5.26 Å². The van der Waals surface area contributed by atoms with Crippen molar-refractivity contribution in [1.82, 2.24) is 0 Å². The van der Waals surface area contributed by atoms with Gasteiger partial charge in [0.05, 0.1) is 12.5 Å². The zero-order valence-corrected chi connectivity index (χ0v) is 9.65. The molecule has 5 heteroatoms. The van der Waals surface area contributed by atoms with Gasteiger partial charge in [0.25, 0.3) is 0 Å². The molecular weight excluding hydrogens is 210 g/mol. The highest BCUT2D eigenvalue weighted by Gasteiger charge is 1.98. The molecule has 0 atom stereocenters. The Morgan fingerprint density at radius 3 is 2.31 bits per heavy atom. The van der Waals surface area contributed by atoms with Gasteiger partial charge in [0.1, 0.15) is 6.61 Å². The van der Waals surface area contributed by atoms with Crippen molar-refractivity contribution >= 4 is 11.9 Å². The van der Waals surface area contributed by atoms with Crippen molar-refractivity contribution in [2.75, 3.05) is 6.61 Å². The molecule has 16 heavy (non-hydrogen) atoms. The molecule has 0 spiro atoms. The summed E-state index contributed by atoms with van der Waals surface area (Å²) in [5, 5.41) is 16.0. The van der Waals surface area contributed by atoms with E-state index in [2.05, 4.69) is 11.3 Å². The highest BCUT2D eigenvalue weighted by Crippen LogP contribution is 1.91. The molecule has 0 aliphatic carbocycles. The molecule has 0 saturated heterocycles. The molecule has 0 rings (SSSR count). The fourth-order valence-corrected chi connectivity index (χ4v) is 0.487. The van der Waals surface area contributed by atoms with Gasteiger partial charge in [0, 0.05) is 12.0 Å². The van der Waals surface area contributed by atoms with E-state index >= 15 is 0 Å². The van der Waals surface area contributed by atoms with Crippen LogP contribution >= 0.6 is 0 Å². The Bertz CT molecular complexity index is 266. The van der Waals surface area contributed by atoms with Gasteiger partial charge in [-0.05, 0) is 13.3 Å². The Morgan fingerprint density at radius 1 is 1.50 bits per heavy atom. The lowest BCUT2D eigenvalue weighted by atomic mass is 10.3. The number of ether oxygens (including phenoxy) is 1. The number of carbonyl (C=O) groups is 2. The number of nitrogens with zero attached hydrogens (tertiary/aromatic N) is 1. The van der Waals surface area contributed by atoms with Crippen LogP contribution in [0, 0.1) is 11.3 Å². The standard InChI is InChI=1S/C7H11NO2.C4H6O2/c1-2-4-7(9)10-6-3-5-8;1-3(2)4(5)6/h2-4,6H2,1H3;1H2,2H3,(H,5,6). The molecule has 0 aromatic heterocycles. The molecule has 1 N–H and O–H groups in total. The van der Waals surface area contributed by atoms with Crippen molar-refractivity contribution < 1.29 is 19.4 Å². The molecule has 0 saturated carbocycles. The molecule has 0 fully saturated rings. The van der Waals surface area contributed by atoms with E-state index in [0.29, 0.717) is 6.42 Å². The van der Waals surface area contributed by atoms with Gasteiger partial charge in [-0.1, -0.05) is 13.5 Å².